The van der Waals surface area contributed by atoms with E-state index >= 15 is 0 Å². The molecule has 4 nitrogen and oxygen atoms in total. The van der Waals surface area contributed by atoms with Crippen molar-refractivity contribution in [3.63, 3.8) is 0 Å². The molecule has 22 heavy (non-hydrogen) atoms. The predicted molar refractivity (Wildman–Crippen MR) is 90.8 cm³/mol. The molecule has 0 unspecified atom stereocenters. The van der Waals surface area contributed by atoms with Crippen LogP contribution in [0, 0.1) is 0 Å². The largest absolute Gasteiger partial charge is 0.249 e. The molecule has 0 amide bonds. The van der Waals surface area contributed by atoms with Gasteiger partial charge in [-0.3, -0.25) is 0 Å². The van der Waals surface area contributed by atoms with Gasteiger partial charge in [-0.15, -0.1) is 0 Å². The lowest BCUT2D eigenvalue weighted by Gasteiger charge is -2.14. The van der Waals surface area contributed by atoms with Gasteiger partial charge in [-0.25, -0.2) is 17.7 Å². The van der Waals surface area contributed by atoms with Crippen LogP contribution in [0.5, 0.6) is 0 Å². The molecule has 0 aliphatic carbocycles. The van der Waals surface area contributed by atoms with Crippen LogP contribution in [0.1, 0.15) is 17.7 Å². The van der Waals surface area contributed by atoms with Crippen LogP contribution in [-0.4, -0.2) is 31.8 Å². The Bertz CT molecular complexity index is 746. The van der Waals surface area contributed by atoms with Crippen molar-refractivity contribution < 1.29 is 8.42 Å². The first-order valence-corrected chi connectivity index (χ1v) is 9.32. The first-order valence-electron chi connectivity index (χ1n) is 6.62. The van der Waals surface area contributed by atoms with E-state index in [1.165, 1.54) is 36.4 Å². The monoisotopic (exact) mass is 356 g/mol. The molecular formula is C15H17ClN2O2S2. The van der Waals surface area contributed by atoms with E-state index in [4.69, 9.17) is 11.6 Å². The molecule has 1 atom stereocenters. The molecule has 118 valence electrons. The third-order valence-corrected chi connectivity index (χ3v) is 6.36. The van der Waals surface area contributed by atoms with Crippen LogP contribution in [0.2, 0.25) is 5.02 Å². The molecule has 0 aliphatic heterocycles. The highest BCUT2D eigenvalue weighted by Gasteiger charge is 2.18. The van der Waals surface area contributed by atoms with Crippen molar-refractivity contribution in [3.05, 3.63) is 53.2 Å². The molecule has 0 spiro atoms. The Morgan fingerprint density at radius 2 is 1.86 bits per heavy atom. The molecule has 7 heteroatoms. The van der Waals surface area contributed by atoms with Gasteiger partial charge in [0, 0.05) is 30.6 Å². The summed E-state index contributed by atoms with van der Waals surface area (Å²) in [7, 11) is -0.446. The molecule has 1 aromatic heterocycles. The Kier molecular flexibility index (Phi) is 5.50. The summed E-state index contributed by atoms with van der Waals surface area (Å²) in [6.07, 6.45) is 1.39. The van der Waals surface area contributed by atoms with Crippen LogP contribution in [-0.2, 0) is 10.0 Å². The summed E-state index contributed by atoms with van der Waals surface area (Å²) in [5.74, 6) is 0. The van der Waals surface area contributed by atoms with Crippen molar-refractivity contribution in [3.8, 4) is 0 Å². The summed E-state index contributed by atoms with van der Waals surface area (Å²) in [5, 5.41) is 1.59. The number of hydrogen-bond donors (Lipinski definition) is 0. The number of pyridine rings is 1. The van der Waals surface area contributed by atoms with E-state index in [1.807, 2.05) is 31.2 Å². The van der Waals surface area contributed by atoms with Gasteiger partial charge >= 0.3 is 0 Å². The zero-order valence-electron chi connectivity index (χ0n) is 12.5. The van der Waals surface area contributed by atoms with E-state index in [1.54, 1.807) is 12.1 Å². The van der Waals surface area contributed by atoms with Crippen molar-refractivity contribution in [1.29, 1.82) is 0 Å². The summed E-state index contributed by atoms with van der Waals surface area (Å²) in [5.41, 5.74) is 1.03. The van der Waals surface area contributed by atoms with Crippen molar-refractivity contribution in [2.75, 3.05) is 14.1 Å². The highest BCUT2D eigenvalue weighted by Crippen LogP contribution is 2.37. The van der Waals surface area contributed by atoms with Crippen molar-refractivity contribution >= 4 is 33.4 Å². The van der Waals surface area contributed by atoms with Gasteiger partial charge in [-0.05, 0) is 30.7 Å². The normalized spacial score (nSPS) is 13.3. The van der Waals surface area contributed by atoms with Gasteiger partial charge in [0.05, 0.1) is 5.03 Å². The number of sulfonamides is 1. The molecule has 0 radical (unpaired) electrons. The molecule has 0 aliphatic rings. The molecular weight excluding hydrogens is 340 g/mol. The average Bonchev–Trinajstić information content (AvgIpc) is 2.48. The Labute approximate surface area is 140 Å². The fourth-order valence-corrected chi connectivity index (χ4v) is 4.02. The van der Waals surface area contributed by atoms with E-state index in [2.05, 4.69) is 4.98 Å². The highest BCUT2D eigenvalue weighted by molar-refractivity contribution is 7.99. The van der Waals surface area contributed by atoms with E-state index in [9.17, 15) is 8.42 Å². The Morgan fingerprint density at radius 3 is 2.41 bits per heavy atom. The first-order chi connectivity index (χ1) is 10.3. The van der Waals surface area contributed by atoms with Gasteiger partial charge in [-0.1, -0.05) is 41.6 Å². The lowest BCUT2D eigenvalue weighted by Crippen LogP contribution is -2.22. The maximum atomic E-state index is 12.0. The summed E-state index contributed by atoms with van der Waals surface area (Å²) < 4.78 is 25.2. The number of benzene rings is 1. The molecule has 0 saturated carbocycles. The number of thioether (sulfide) groups is 1. The highest BCUT2D eigenvalue weighted by atomic mass is 35.5. The fourth-order valence-electron chi connectivity index (χ4n) is 1.85. The SMILES string of the molecule is C[C@@H](Sc1ccc(S(=O)(=O)N(C)C)cn1)c1ccccc1Cl. The van der Waals surface area contributed by atoms with Gasteiger partial charge in [0.15, 0.2) is 0 Å². The maximum absolute atomic E-state index is 12.0. The predicted octanol–water partition coefficient (Wildman–Crippen LogP) is 3.84. The second-order valence-electron chi connectivity index (χ2n) is 4.90. The van der Waals surface area contributed by atoms with Crippen molar-refractivity contribution in [2.45, 2.75) is 22.1 Å². The molecule has 2 rings (SSSR count). The van der Waals surface area contributed by atoms with Gasteiger partial charge < -0.3 is 0 Å². The standard InChI is InChI=1S/C15H17ClN2O2S2/c1-11(13-6-4-5-7-14(13)16)21-15-9-8-12(10-17-15)22(19,20)18(2)3/h4-11H,1-3H3/t11-/m1/s1. The number of halogens is 1. The van der Waals surface area contributed by atoms with Crippen LogP contribution in [0.15, 0.2) is 52.5 Å². The lowest BCUT2D eigenvalue weighted by molar-refractivity contribution is 0.520. The Morgan fingerprint density at radius 1 is 1.18 bits per heavy atom. The van der Waals surface area contributed by atoms with Crippen LogP contribution in [0.3, 0.4) is 0 Å². The minimum atomic E-state index is -3.44. The summed E-state index contributed by atoms with van der Waals surface area (Å²) in [6.45, 7) is 2.04. The minimum Gasteiger partial charge on any atom is -0.249 e. The smallest absolute Gasteiger partial charge is 0.244 e. The Balaban J connectivity index is 2.17. The van der Waals surface area contributed by atoms with E-state index in [0.29, 0.717) is 5.02 Å². The average molecular weight is 357 g/mol. The van der Waals surface area contributed by atoms with Crippen LogP contribution >= 0.6 is 23.4 Å². The topological polar surface area (TPSA) is 50.3 Å². The molecule has 0 fully saturated rings. The molecule has 0 bridgehead atoms. The summed E-state index contributed by atoms with van der Waals surface area (Å²) in [4.78, 5) is 4.42. The van der Waals surface area contributed by atoms with E-state index in [0.717, 1.165) is 10.6 Å². The number of rotatable bonds is 5. The summed E-state index contributed by atoms with van der Waals surface area (Å²) >= 11 is 7.72. The second-order valence-corrected chi connectivity index (χ2v) is 8.82. The number of nitrogens with zero attached hydrogens (tertiary/aromatic N) is 2. The quantitative estimate of drug-likeness (QED) is 0.764. The molecule has 0 saturated heterocycles. The lowest BCUT2D eigenvalue weighted by atomic mass is 10.2. The zero-order valence-corrected chi connectivity index (χ0v) is 14.9. The van der Waals surface area contributed by atoms with Gasteiger partial charge in [-0.2, -0.15) is 0 Å². The molecule has 1 aromatic carbocycles. The fraction of sp³-hybridized carbons (Fsp3) is 0.267. The van der Waals surface area contributed by atoms with Crippen LogP contribution < -0.4 is 0 Å². The molecule has 1 heterocycles. The Hall–Kier alpha value is -1.08. The molecule has 0 N–H and O–H groups in total. The first kappa shape index (κ1) is 17.3. The zero-order chi connectivity index (χ0) is 16.3. The minimum absolute atomic E-state index is 0.123. The van der Waals surface area contributed by atoms with Crippen LogP contribution in [0.25, 0.3) is 0 Å². The summed E-state index contributed by atoms with van der Waals surface area (Å²) in [6, 6.07) is 11.0. The number of aromatic nitrogens is 1. The molecule has 2 aromatic rings. The van der Waals surface area contributed by atoms with Gasteiger partial charge in [0.1, 0.15) is 4.90 Å². The van der Waals surface area contributed by atoms with Gasteiger partial charge in [0.25, 0.3) is 0 Å². The van der Waals surface area contributed by atoms with E-state index in [-0.39, 0.29) is 10.1 Å². The van der Waals surface area contributed by atoms with E-state index < -0.39 is 10.0 Å². The van der Waals surface area contributed by atoms with Gasteiger partial charge in [0.2, 0.25) is 10.0 Å². The second kappa shape index (κ2) is 7.00. The number of hydrogen-bond acceptors (Lipinski definition) is 4. The third kappa shape index (κ3) is 3.81. The van der Waals surface area contributed by atoms with Crippen molar-refractivity contribution in [1.82, 2.24) is 9.29 Å². The maximum Gasteiger partial charge on any atom is 0.244 e. The third-order valence-electron chi connectivity index (χ3n) is 3.13. The van der Waals surface area contributed by atoms with Crippen LogP contribution in [0.4, 0.5) is 0 Å². The van der Waals surface area contributed by atoms with Crippen molar-refractivity contribution in [2.24, 2.45) is 0 Å².